The third-order valence-corrected chi connectivity index (χ3v) is 3.42. The van der Waals surface area contributed by atoms with Crippen LogP contribution in [-0.2, 0) is 6.42 Å². The summed E-state index contributed by atoms with van der Waals surface area (Å²) in [7, 11) is 5.36. The molecule has 3 nitrogen and oxygen atoms in total. The first-order valence-corrected chi connectivity index (χ1v) is 6.52. The van der Waals surface area contributed by atoms with E-state index in [1.807, 2.05) is 7.05 Å². The fourth-order valence-corrected chi connectivity index (χ4v) is 2.20. The number of hydrogen-bond acceptors (Lipinski definition) is 3. The smallest absolute Gasteiger partial charge is 0.161 e. The third kappa shape index (κ3) is 3.64. The van der Waals surface area contributed by atoms with Crippen LogP contribution in [0.1, 0.15) is 24.5 Å². The Hall–Kier alpha value is -1.22. The van der Waals surface area contributed by atoms with Gasteiger partial charge in [-0.2, -0.15) is 0 Å². The average molecular weight is 251 g/mol. The highest BCUT2D eigenvalue weighted by Gasteiger charge is 2.12. The van der Waals surface area contributed by atoms with Crippen molar-refractivity contribution >= 4 is 0 Å². The fraction of sp³-hybridized carbons (Fsp3) is 0.600. The SMILES string of the molecule is CCC(CNC)Cc1cc(OC)c(OC)cc1C. The lowest BCUT2D eigenvalue weighted by Gasteiger charge is -2.18. The molecule has 0 bridgehead atoms. The number of rotatable bonds is 7. The molecular formula is C15H25NO2. The Kier molecular flexibility index (Phi) is 5.99. The number of benzene rings is 1. The summed E-state index contributed by atoms with van der Waals surface area (Å²) in [5.74, 6) is 2.28. The molecule has 0 saturated heterocycles. The third-order valence-electron chi connectivity index (χ3n) is 3.42. The Balaban J connectivity index is 2.94. The van der Waals surface area contributed by atoms with Crippen LogP contribution in [0, 0.1) is 12.8 Å². The van der Waals surface area contributed by atoms with Gasteiger partial charge in [0.25, 0.3) is 0 Å². The van der Waals surface area contributed by atoms with E-state index >= 15 is 0 Å². The van der Waals surface area contributed by atoms with Crippen molar-refractivity contribution in [2.24, 2.45) is 5.92 Å². The quantitative estimate of drug-likeness (QED) is 0.808. The summed E-state index contributed by atoms with van der Waals surface area (Å²) in [6.07, 6.45) is 2.25. The summed E-state index contributed by atoms with van der Waals surface area (Å²) in [5, 5.41) is 3.25. The molecule has 1 unspecified atom stereocenters. The van der Waals surface area contributed by atoms with Crippen LogP contribution in [0.2, 0.25) is 0 Å². The summed E-state index contributed by atoms with van der Waals surface area (Å²) in [4.78, 5) is 0. The molecule has 0 heterocycles. The van der Waals surface area contributed by atoms with Crippen LogP contribution in [0.3, 0.4) is 0 Å². The van der Waals surface area contributed by atoms with E-state index in [4.69, 9.17) is 9.47 Å². The highest BCUT2D eigenvalue weighted by atomic mass is 16.5. The molecule has 18 heavy (non-hydrogen) atoms. The van der Waals surface area contributed by atoms with Gasteiger partial charge in [0.1, 0.15) is 0 Å². The average Bonchev–Trinajstić information content (AvgIpc) is 2.39. The van der Waals surface area contributed by atoms with Gasteiger partial charge < -0.3 is 14.8 Å². The summed E-state index contributed by atoms with van der Waals surface area (Å²) >= 11 is 0. The van der Waals surface area contributed by atoms with Gasteiger partial charge in [-0.15, -0.1) is 0 Å². The monoisotopic (exact) mass is 251 g/mol. The molecule has 0 aliphatic carbocycles. The van der Waals surface area contributed by atoms with Crippen molar-refractivity contribution in [2.75, 3.05) is 27.8 Å². The van der Waals surface area contributed by atoms with Gasteiger partial charge in [0.2, 0.25) is 0 Å². The first-order valence-electron chi connectivity index (χ1n) is 6.52. The lowest BCUT2D eigenvalue weighted by molar-refractivity contribution is 0.353. The Morgan fingerprint density at radius 3 is 2.28 bits per heavy atom. The molecule has 0 fully saturated rings. The van der Waals surface area contributed by atoms with Crippen molar-refractivity contribution in [1.29, 1.82) is 0 Å². The van der Waals surface area contributed by atoms with E-state index in [0.717, 1.165) is 24.5 Å². The molecule has 1 aromatic rings. The number of aryl methyl sites for hydroxylation is 1. The Labute approximate surface area is 110 Å². The second-order valence-corrected chi connectivity index (χ2v) is 4.67. The second-order valence-electron chi connectivity index (χ2n) is 4.67. The van der Waals surface area contributed by atoms with E-state index in [1.54, 1.807) is 14.2 Å². The Bertz CT molecular complexity index is 377. The van der Waals surface area contributed by atoms with Crippen molar-refractivity contribution < 1.29 is 9.47 Å². The van der Waals surface area contributed by atoms with Gasteiger partial charge in [0.05, 0.1) is 14.2 Å². The van der Waals surface area contributed by atoms with Crippen LogP contribution in [0.25, 0.3) is 0 Å². The van der Waals surface area contributed by atoms with Crippen LogP contribution in [0.4, 0.5) is 0 Å². The molecule has 0 aromatic heterocycles. The summed E-state index contributed by atoms with van der Waals surface area (Å²) < 4.78 is 10.7. The van der Waals surface area contributed by atoms with Crippen LogP contribution >= 0.6 is 0 Å². The zero-order valence-corrected chi connectivity index (χ0v) is 12.2. The van der Waals surface area contributed by atoms with Crippen molar-refractivity contribution in [3.05, 3.63) is 23.3 Å². The summed E-state index contributed by atoms with van der Waals surface area (Å²) in [6, 6.07) is 4.16. The van der Waals surface area contributed by atoms with Crippen LogP contribution in [0.5, 0.6) is 11.5 Å². The molecule has 1 aromatic carbocycles. The van der Waals surface area contributed by atoms with Crippen LogP contribution in [-0.4, -0.2) is 27.8 Å². The van der Waals surface area contributed by atoms with Gasteiger partial charge in [-0.25, -0.2) is 0 Å². The minimum atomic E-state index is 0.659. The fourth-order valence-electron chi connectivity index (χ4n) is 2.20. The molecular weight excluding hydrogens is 226 g/mol. The van der Waals surface area contributed by atoms with Gasteiger partial charge in [0.15, 0.2) is 11.5 Å². The van der Waals surface area contributed by atoms with Crippen molar-refractivity contribution in [2.45, 2.75) is 26.7 Å². The van der Waals surface area contributed by atoms with Gasteiger partial charge in [-0.1, -0.05) is 13.3 Å². The van der Waals surface area contributed by atoms with Crippen LogP contribution in [0.15, 0.2) is 12.1 Å². The molecule has 3 heteroatoms. The normalized spacial score (nSPS) is 12.3. The first-order chi connectivity index (χ1) is 8.65. The Morgan fingerprint density at radius 2 is 1.78 bits per heavy atom. The van der Waals surface area contributed by atoms with Crippen molar-refractivity contribution in [3.63, 3.8) is 0 Å². The molecule has 1 N–H and O–H groups in total. The molecule has 1 atom stereocenters. The van der Waals surface area contributed by atoms with Gasteiger partial charge in [0, 0.05) is 0 Å². The summed E-state index contributed by atoms with van der Waals surface area (Å²) in [5.41, 5.74) is 2.61. The molecule has 0 aliphatic rings. The minimum Gasteiger partial charge on any atom is -0.493 e. The zero-order valence-electron chi connectivity index (χ0n) is 12.2. The molecule has 0 radical (unpaired) electrons. The lowest BCUT2D eigenvalue weighted by Crippen LogP contribution is -2.20. The van der Waals surface area contributed by atoms with E-state index in [-0.39, 0.29) is 0 Å². The molecule has 0 saturated carbocycles. The molecule has 1 rings (SSSR count). The van der Waals surface area contributed by atoms with E-state index in [1.165, 1.54) is 17.5 Å². The Morgan fingerprint density at radius 1 is 1.17 bits per heavy atom. The standard InChI is InChI=1S/C15H25NO2/c1-6-12(10-16-3)8-13-9-15(18-5)14(17-4)7-11(13)2/h7,9,12,16H,6,8,10H2,1-5H3. The molecule has 0 spiro atoms. The van der Waals surface area contributed by atoms with Crippen molar-refractivity contribution in [3.8, 4) is 11.5 Å². The van der Waals surface area contributed by atoms with E-state index in [9.17, 15) is 0 Å². The number of nitrogens with one attached hydrogen (secondary N) is 1. The summed E-state index contributed by atoms with van der Waals surface area (Å²) in [6.45, 7) is 5.41. The number of methoxy groups -OCH3 is 2. The van der Waals surface area contributed by atoms with E-state index < -0.39 is 0 Å². The molecule has 102 valence electrons. The lowest BCUT2D eigenvalue weighted by atomic mass is 9.93. The van der Waals surface area contributed by atoms with Gasteiger partial charge in [-0.05, 0) is 56.1 Å². The zero-order chi connectivity index (χ0) is 13.5. The molecule has 0 amide bonds. The van der Waals surface area contributed by atoms with Gasteiger partial charge >= 0.3 is 0 Å². The highest BCUT2D eigenvalue weighted by Crippen LogP contribution is 2.31. The maximum atomic E-state index is 5.37. The van der Waals surface area contributed by atoms with Crippen LogP contribution < -0.4 is 14.8 Å². The predicted molar refractivity (Wildman–Crippen MR) is 75.7 cm³/mol. The highest BCUT2D eigenvalue weighted by molar-refractivity contribution is 5.47. The second kappa shape index (κ2) is 7.27. The maximum Gasteiger partial charge on any atom is 0.161 e. The largest absolute Gasteiger partial charge is 0.493 e. The van der Waals surface area contributed by atoms with Crippen molar-refractivity contribution in [1.82, 2.24) is 5.32 Å². The topological polar surface area (TPSA) is 30.5 Å². The van der Waals surface area contributed by atoms with E-state index in [0.29, 0.717) is 5.92 Å². The first kappa shape index (κ1) is 14.8. The maximum absolute atomic E-state index is 5.37. The minimum absolute atomic E-state index is 0.659. The van der Waals surface area contributed by atoms with E-state index in [2.05, 4.69) is 31.3 Å². The van der Waals surface area contributed by atoms with Gasteiger partial charge in [-0.3, -0.25) is 0 Å². The predicted octanol–water partition coefficient (Wildman–Crippen LogP) is 2.80. The molecule has 0 aliphatic heterocycles. The number of ether oxygens (including phenoxy) is 2. The number of hydrogen-bond donors (Lipinski definition) is 1.